The second-order valence-corrected chi connectivity index (χ2v) is 4.98. The molecule has 0 aliphatic carbocycles. The van der Waals surface area contributed by atoms with E-state index in [1.807, 2.05) is 30.3 Å². The molecule has 0 fully saturated rings. The van der Waals surface area contributed by atoms with Crippen LogP contribution >= 0.6 is 11.3 Å². The van der Waals surface area contributed by atoms with Crippen LogP contribution in [0.5, 0.6) is 5.75 Å². The molecular formula is C14H11N3OS. The van der Waals surface area contributed by atoms with E-state index < -0.39 is 0 Å². The van der Waals surface area contributed by atoms with Crippen molar-refractivity contribution >= 4 is 32.9 Å². The first-order valence-electron chi connectivity index (χ1n) is 5.75. The van der Waals surface area contributed by atoms with Gasteiger partial charge in [-0.2, -0.15) is 5.10 Å². The van der Waals surface area contributed by atoms with E-state index in [1.54, 1.807) is 35.8 Å². The smallest absolute Gasteiger partial charge is 0.204 e. The summed E-state index contributed by atoms with van der Waals surface area (Å²) in [7, 11) is 0. The molecular weight excluding hydrogens is 258 g/mol. The van der Waals surface area contributed by atoms with Crippen LogP contribution in [0.15, 0.2) is 53.6 Å². The first-order chi connectivity index (χ1) is 9.31. The van der Waals surface area contributed by atoms with Crippen molar-refractivity contribution in [2.24, 2.45) is 5.10 Å². The molecule has 4 nitrogen and oxygen atoms in total. The van der Waals surface area contributed by atoms with E-state index in [1.165, 1.54) is 0 Å². The summed E-state index contributed by atoms with van der Waals surface area (Å²) in [6.07, 6.45) is 1.64. The maximum atomic E-state index is 9.33. The van der Waals surface area contributed by atoms with E-state index >= 15 is 0 Å². The number of benzene rings is 2. The number of hydrazone groups is 1. The Kier molecular flexibility index (Phi) is 3.12. The van der Waals surface area contributed by atoms with Crippen LogP contribution < -0.4 is 5.43 Å². The molecule has 19 heavy (non-hydrogen) atoms. The molecule has 0 amide bonds. The zero-order valence-electron chi connectivity index (χ0n) is 9.95. The third-order valence-electron chi connectivity index (χ3n) is 2.54. The van der Waals surface area contributed by atoms with E-state index in [0.717, 1.165) is 20.9 Å². The summed E-state index contributed by atoms with van der Waals surface area (Å²) < 4.78 is 1.12. The number of para-hydroxylation sites is 1. The summed E-state index contributed by atoms with van der Waals surface area (Å²) in [5.74, 6) is 0.226. The predicted molar refractivity (Wildman–Crippen MR) is 78.9 cm³/mol. The van der Waals surface area contributed by atoms with Crippen LogP contribution in [0.3, 0.4) is 0 Å². The number of fused-ring (bicyclic) bond motifs is 1. The lowest BCUT2D eigenvalue weighted by atomic mass is 10.2. The van der Waals surface area contributed by atoms with Crippen molar-refractivity contribution in [1.82, 2.24) is 4.98 Å². The Balaban J connectivity index is 1.75. The van der Waals surface area contributed by atoms with Gasteiger partial charge in [0.25, 0.3) is 0 Å². The second kappa shape index (κ2) is 5.07. The first-order valence-corrected chi connectivity index (χ1v) is 6.56. The van der Waals surface area contributed by atoms with Gasteiger partial charge in [0.15, 0.2) is 0 Å². The minimum Gasteiger partial charge on any atom is -0.508 e. The third-order valence-corrected chi connectivity index (χ3v) is 3.48. The fourth-order valence-corrected chi connectivity index (χ4v) is 2.50. The quantitative estimate of drug-likeness (QED) is 0.565. The highest BCUT2D eigenvalue weighted by Gasteiger charge is 2.00. The van der Waals surface area contributed by atoms with E-state index in [9.17, 15) is 5.11 Å². The van der Waals surface area contributed by atoms with E-state index in [4.69, 9.17) is 0 Å². The molecule has 0 spiro atoms. The molecule has 0 aliphatic heterocycles. The monoisotopic (exact) mass is 269 g/mol. The average molecular weight is 269 g/mol. The first kappa shape index (κ1) is 11.7. The molecule has 5 heteroatoms. The number of aromatic nitrogens is 1. The summed E-state index contributed by atoms with van der Waals surface area (Å²) in [4.78, 5) is 4.41. The summed E-state index contributed by atoms with van der Waals surface area (Å²) in [5, 5.41) is 14.2. The molecule has 0 bridgehead atoms. The van der Waals surface area contributed by atoms with Gasteiger partial charge in [-0.25, -0.2) is 4.98 Å². The van der Waals surface area contributed by atoms with Crippen LogP contribution in [0.2, 0.25) is 0 Å². The van der Waals surface area contributed by atoms with Gasteiger partial charge < -0.3 is 5.11 Å². The number of thiazole rings is 1. The van der Waals surface area contributed by atoms with Crippen LogP contribution in [-0.4, -0.2) is 16.3 Å². The van der Waals surface area contributed by atoms with Crippen LogP contribution in [0, 0.1) is 0 Å². The number of hydrogen-bond acceptors (Lipinski definition) is 5. The van der Waals surface area contributed by atoms with Crippen LogP contribution in [0.25, 0.3) is 10.2 Å². The molecule has 3 rings (SSSR count). The molecule has 0 saturated heterocycles. The van der Waals surface area contributed by atoms with E-state index in [2.05, 4.69) is 15.5 Å². The number of aromatic hydroxyl groups is 1. The fourth-order valence-electron chi connectivity index (χ4n) is 1.69. The molecule has 2 N–H and O–H groups in total. The van der Waals surface area contributed by atoms with Crippen molar-refractivity contribution in [3.63, 3.8) is 0 Å². The number of hydrogen-bond donors (Lipinski definition) is 2. The fraction of sp³-hybridized carbons (Fsp3) is 0. The molecule has 94 valence electrons. The molecule has 1 aromatic heterocycles. The van der Waals surface area contributed by atoms with Crippen molar-refractivity contribution in [2.75, 3.05) is 5.43 Å². The maximum absolute atomic E-state index is 9.33. The van der Waals surface area contributed by atoms with Crippen molar-refractivity contribution in [2.45, 2.75) is 0 Å². The van der Waals surface area contributed by atoms with Gasteiger partial charge in [0.05, 0.1) is 16.4 Å². The van der Waals surface area contributed by atoms with Crippen LogP contribution in [0.4, 0.5) is 5.13 Å². The lowest BCUT2D eigenvalue weighted by Crippen LogP contribution is -1.89. The number of rotatable bonds is 3. The van der Waals surface area contributed by atoms with Gasteiger partial charge in [-0.15, -0.1) is 0 Å². The molecule has 0 unspecified atom stereocenters. The van der Waals surface area contributed by atoms with Gasteiger partial charge in [0, 0.05) is 0 Å². The minimum absolute atomic E-state index is 0.226. The molecule has 0 aliphatic rings. The maximum Gasteiger partial charge on any atom is 0.204 e. The number of phenols is 1. The Hall–Kier alpha value is -2.40. The zero-order valence-corrected chi connectivity index (χ0v) is 10.8. The summed E-state index contributed by atoms with van der Waals surface area (Å²) in [6.45, 7) is 0. The van der Waals surface area contributed by atoms with Crippen molar-refractivity contribution in [3.05, 3.63) is 54.1 Å². The summed E-state index contributed by atoms with van der Waals surface area (Å²) in [5.41, 5.74) is 4.69. The summed E-state index contributed by atoms with van der Waals surface area (Å²) in [6, 6.07) is 14.8. The Labute approximate surface area is 114 Å². The highest BCUT2D eigenvalue weighted by atomic mass is 32.1. The Morgan fingerprint density at radius 1 is 1.16 bits per heavy atom. The largest absolute Gasteiger partial charge is 0.508 e. The predicted octanol–water partition coefficient (Wildman–Crippen LogP) is 3.45. The molecule has 1 heterocycles. The Morgan fingerprint density at radius 2 is 2.05 bits per heavy atom. The van der Waals surface area contributed by atoms with Gasteiger partial charge in [0.2, 0.25) is 5.13 Å². The van der Waals surface area contributed by atoms with Gasteiger partial charge in [-0.1, -0.05) is 35.6 Å². The highest BCUT2D eigenvalue weighted by Crippen LogP contribution is 2.25. The standard InChI is InChI=1S/C14H11N3OS/c18-11-5-3-4-10(8-11)9-15-17-14-16-12-6-1-2-7-13(12)19-14/h1-9,18H,(H,16,17). The van der Waals surface area contributed by atoms with E-state index in [0.29, 0.717) is 0 Å². The van der Waals surface area contributed by atoms with Gasteiger partial charge in [-0.05, 0) is 29.8 Å². The molecule has 3 aromatic rings. The third kappa shape index (κ3) is 2.71. The normalized spacial score (nSPS) is 11.2. The lowest BCUT2D eigenvalue weighted by Gasteiger charge is -1.95. The molecule has 0 radical (unpaired) electrons. The second-order valence-electron chi connectivity index (χ2n) is 3.95. The minimum atomic E-state index is 0.226. The Bertz CT molecular complexity index is 703. The van der Waals surface area contributed by atoms with Crippen molar-refractivity contribution in [3.8, 4) is 5.75 Å². The lowest BCUT2D eigenvalue weighted by molar-refractivity contribution is 0.475. The Morgan fingerprint density at radius 3 is 2.89 bits per heavy atom. The number of nitrogens with zero attached hydrogens (tertiary/aromatic N) is 2. The molecule has 0 atom stereocenters. The van der Waals surface area contributed by atoms with Crippen molar-refractivity contribution < 1.29 is 5.11 Å². The molecule has 2 aromatic carbocycles. The van der Waals surface area contributed by atoms with Crippen LogP contribution in [-0.2, 0) is 0 Å². The number of phenolic OH excluding ortho intramolecular Hbond substituents is 1. The zero-order chi connectivity index (χ0) is 13.1. The highest BCUT2D eigenvalue weighted by molar-refractivity contribution is 7.22. The molecule has 0 saturated carbocycles. The van der Waals surface area contributed by atoms with Gasteiger partial charge in [-0.3, -0.25) is 5.43 Å². The average Bonchev–Trinajstić information content (AvgIpc) is 2.81. The van der Waals surface area contributed by atoms with Gasteiger partial charge in [0.1, 0.15) is 5.75 Å². The van der Waals surface area contributed by atoms with E-state index in [-0.39, 0.29) is 5.75 Å². The van der Waals surface area contributed by atoms with Gasteiger partial charge >= 0.3 is 0 Å². The number of nitrogens with one attached hydrogen (secondary N) is 1. The number of anilines is 1. The van der Waals surface area contributed by atoms with Crippen molar-refractivity contribution in [1.29, 1.82) is 0 Å². The van der Waals surface area contributed by atoms with Crippen LogP contribution in [0.1, 0.15) is 5.56 Å². The summed E-state index contributed by atoms with van der Waals surface area (Å²) >= 11 is 1.55. The topological polar surface area (TPSA) is 57.5 Å². The SMILES string of the molecule is Oc1cccc(C=NNc2nc3ccccc3s2)c1.